The molecular weight excluding hydrogens is 520 g/mol. The number of methoxy groups -OCH3 is 2. The van der Waals surface area contributed by atoms with Gasteiger partial charge in [-0.25, -0.2) is 0 Å². The number of aromatic hydroxyl groups is 2. The Morgan fingerprint density at radius 1 is 0.524 bits per heavy atom. The van der Waals surface area contributed by atoms with E-state index < -0.39 is 0 Å². The van der Waals surface area contributed by atoms with Crippen LogP contribution < -0.4 is 9.47 Å². The molecule has 216 valence electrons. The van der Waals surface area contributed by atoms with E-state index >= 15 is 0 Å². The van der Waals surface area contributed by atoms with Crippen LogP contribution in [0.25, 0.3) is 22.3 Å². The van der Waals surface area contributed by atoms with Crippen LogP contribution in [0.2, 0.25) is 0 Å². The van der Waals surface area contributed by atoms with Crippen LogP contribution in [-0.4, -0.2) is 24.4 Å². The number of benzene rings is 4. The van der Waals surface area contributed by atoms with Gasteiger partial charge in [-0.2, -0.15) is 0 Å². The summed E-state index contributed by atoms with van der Waals surface area (Å²) in [5.74, 6) is 2.22. The van der Waals surface area contributed by atoms with Crippen LogP contribution in [0, 0.1) is 0 Å². The SMILES string of the molecule is C=CCc1ccc(O)c(-c2ccc(O)c(CC=C)c2)c1.C=CCc1ccc(OC)c(-c2ccc(OC)c(CC=C)c2)c1. The Morgan fingerprint density at radius 2 is 1.00 bits per heavy atom. The molecule has 0 spiro atoms. The maximum Gasteiger partial charge on any atom is 0.126 e. The van der Waals surface area contributed by atoms with Crippen LogP contribution in [0.5, 0.6) is 23.0 Å². The van der Waals surface area contributed by atoms with Gasteiger partial charge in [0.05, 0.1) is 14.2 Å². The first-order valence-electron chi connectivity index (χ1n) is 13.8. The van der Waals surface area contributed by atoms with Crippen molar-refractivity contribution in [2.75, 3.05) is 14.2 Å². The maximum absolute atomic E-state index is 10.0. The molecule has 0 unspecified atom stereocenters. The Balaban J connectivity index is 0.000000231. The number of hydrogen-bond acceptors (Lipinski definition) is 4. The lowest BCUT2D eigenvalue weighted by Gasteiger charge is -2.13. The average molecular weight is 561 g/mol. The molecule has 0 radical (unpaired) electrons. The zero-order valence-electron chi connectivity index (χ0n) is 24.6. The molecule has 4 nitrogen and oxygen atoms in total. The number of phenols is 2. The van der Waals surface area contributed by atoms with E-state index in [1.165, 1.54) is 5.56 Å². The lowest BCUT2D eigenvalue weighted by Crippen LogP contribution is -1.94. The first-order chi connectivity index (χ1) is 20.4. The average Bonchev–Trinajstić information content (AvgIpc) is 3.00. The number of allylic oxidation sites excluding steroid dienone is 4. The van der Waals surface area contributed by atoms with Gasteiger partial charge in [0, 0.05) is 11.1 Å². The molecule has 0 saturated carbocycles. The Labute approximate surface area is 250 Å². The predicted molar refractivity (Wildman–Crippen MR) is 176 cm³/mol. The highest BCUT2D eigenvalue weighted by Crippen LogP contribution is 2.35. The third-order valence-corrected chi connectivity index (χ3v) is 6.80. The van der Waals surface area contributed by atoms with Crippen LogP contribution in [0.1, 0.15) is 22.3 Å². The normalized spacial score (nSPS) is 10.1. The number of rotatable bonds is 12. The first kappa shape index (κ1) is 31.6. The maximum atomic E-state index is 10.0. The van der Waals surface area contributed by atoms with Gasteiger partial charge in [0.15, 0.2) is 0 Å². The highest BCUT2D eigenvalue weighted by atomic mass is 16.5. The minimum atomic E-state index is 0.230. The van der Waals surface area contributed by atoms with Gasteiger partial charge in [-0.05, 0) is 108 Å². The molecule has 0 amide bonds. The van der Waals surface area contributed by atoms with Crippen molar-refractivity contribution < 1.29 is 19.7 Å². The smallest absolute Gasteiger partial charge is 0.126 e. The minimum Gasteiger partial charge on any atom is -0.508 e. The fourth-order valence-electron chi connectivity index (χ4n) is 4.72. The summed E-state index contributed by atoms with van der Waals surface area (Å²) >= 11 is 0. The molecule has 0 atom stereocenters. The monoisotopic (exact) mass is 560 g/mol. The van der Waals surface area contributed by atoms with Crippen molar-refractivity contribution in [3.63, 3.8) is 0 Å². The molecule has 4 rings (SSSR count). The molecular formula is C38H40O4. The fourth-order valence-corrected chi connectivity index (χ4v) is 4.72. The second-order valence-electron chi connectivity index (χ2n) is 9.73. The van der Waals surface area contributed by atoms with Crippen molar-refractivity contribution in [1.82, 2.24) is 0 Å². The Morgan fingerprint density at radius 3 is 1.62 bits per heavy atom. The van der Waals surface area contributed by atoms with E-state index in [2.05, 4.69) is 50.6 Å². The standard InChI is InChI=1S/C20H22O2.C18H18O2/c1-5-7-15-9-11-20(22-4)18(13-15)16-10-12-19(21-3)17(14-16)8-6-2;1-3-5-13-7-9-18(20)16(11-13)14-8-10-17(19)15(12-14)6-4-2/h5-6,9-14H,1-2,7-8H2,3-4H3;3-4,7-12,19-20H,1-2,5-6H2. The minimum absolute atomic E-state index is 0.230. The van der Waals surface area contributed by atoms with E-state index in [-0.39, 0.29) is 11.5 Å². The summed E-state index contributed by atoms with van der Waals surface area (Å²) in [4.78, 5) is 0. The molecule has 0 aliphatic heterocycles. The van der Waals surface area contributed by atoms with Crippen molar-refractivity contribution >= 4 is 0 Å². The lowest BCUT2D eigenvalue weighted by molar-refractivity contribution is 0.410. The zero-order valence-corrected chi connectivity index (χ0v) is 24.6. The van der Waals surface area contributed by atoms with Gasteiger partial charge in [0.2, 0.25) is 0 Å². The van der Waals surface area contributed by atoms with Crippen LogP contribution in [0.15, 0.2) is 123 Å². The molecule has 0 heterocycles. The van der Waals surface area contributed by atoms with Crippen LogP contribution in [-0.2, 0) is 25.7 Å². The van der Waals surface area contributed by atoms with Gasteiger partial charge >= 0.3 is 0 Å². The van der Waals surface area contributed by atoms with Gasteiger partial charge in [0.25, 0.3) is 0 Å². The van der Waals surface area contributed by atoms with Crippen LogP contribution in [0.4, 0.5) is 0 Å². The predicted octanol–water partition coefficient (Wildman–Crippen LogP) is 9.05. The largest absolute Gasteiger partial charge is 0.508 e. The van der Waals surface area contributed by atoms with E-state index in [0.29, 0.717) is 6.42 Å². The molecule has 42 heavy (non-hydrogen) atoms. The van der Waals surface area contributed by atoms with Crippen molar-refractivity contribution in [3.05, 3.63) is 146 Å². The highest BCUT2D eigenvalue weighted by Gasteiger charge is 2.11. The summed E-state index contributed by atoms with van der Waals surface area (Å²) in [6.07, 6.45) is 10.3. The number of ether oxygens (including phenoxy) is 2. The van der Waals surface area contributed by atoms with E-state index in [4.69, 9.17) is 9.47 Å². The molecule has 0 aliphatic rings. The number of hydrogen-bond donors (Lipinski definition) is 2. The molecule has 4 aromatic carbocycles. The topological polar surface area (TPSA) is 58.9 Å². The molecule has 0 saturated heterocycles. The number of phenolic OH excluding ortho intramolecular Hbond substituents is 2. The second-order valence-corrected chi connectivity index (χ2v) is 9.73. The summed E-state index contributed by atoms with van der Waals surface area (Å²) in [7, 11) is 3.38. The second kappa shape index (κ2) is 15.7. The van der Waals surface area contributed by atoms with E-state index in [0.717, 1.165) is 69.7 Å². The molecule has 0 aromatic heterocycles. The summed E-state index contributed by atoms with van der Waals surface area (Å²) in [6, 6.07) is 23.3. The molecule has 4 aromatic rings. The third-order valence-electron chi connectivity index (χ3n) is 6.80. The highest BCUT2D eigenvalue weighted by molar-refractivity contribution is 5.73. The fraction of sp³-hybridized carbons (Fsp3) is 0.158. The van der Waals surface area contributed by atoms with Gasteiger partial charge in [-0.15, -0.1) is 26.3 Å². The third kappa shape index (κ3) is 8.05. The van der Waals surface area contributed by atoms with Crippen molar-refractivity contribution in [2.45, 2.75) is 25.7 Å². The van der Waals surface area contributed by atoms with Crippen molar-refractivity contribution in [1.29, 1.82) is 0 Å². The molecule has 0 fully saturated rings. The van der Waals surface area contributed by atoms with E-state index in [1.807, 2.05) is 48.6 Å². The summed E-state index contributed by atoms with van der Waals surface area (Å²) in [5, 5.41) is 19.8. The summed E-state index contributed by atoms with van der Waals surface area (Å²) in [5.41, 5.74) is 8.04. The summed E-state index contributed by atoms with van der Waals surface area (Å²) in [6.45, 7) is 15.0. The van der Waals surface area contributed by atoms with E-state index in [9.17, 15) is 10.2 Å². The molecule has 2 N–H and O–H groups in total. The molecule has 4 heteroatoms. The first-order valence-corrected chi connectivity index (χ1v) is 13.8. The van der Waals surface area contributed by atoms with E-state index in [1.54, 1.807) is 38.5 Å². The molecule has 0 aliphatic carbocycles. The van der Waals surface area contributed by atoms with Crippen LogP contribution in [0.3, 0.4) is 0 Å². The summed E-state index contributed by atoms with van der Waals surface area (Å²) < 4.78 is 10.9. The Kier molecular flexibility index (Phi) is 11.8. The Bertz CT molecular complexity index is 1550. The van der Waals surface area contributed by atoms with Gasteiger partial charge in [-0.3, -0.25) is 0 Å². The van der Waals surface area contributed by atoms with Gasteiger partial charge in [-0.1, -0.05) is 48.6 Å². The van der Waals surface area contributed by atoms with Crippen molar-refractivity contribution in [3.8, 4) is 45.3 Å². The molecule has 0 bridgehead atoms. The van der Waals surface area contributed by atoms with Crippen molar-refractivity contribution in [2.24, 2.45) is 0 Å². The lowest BCUT2D eigenvalue weighted by atomic mass is 9.97. The quantitative estimate of drug-likeness (QED) is 0.170. The Hall–Kier alpha value is -4.96. The zero-order chi connectivity index (χ0) is 30.5. The van der Waals surface area contributed by atoms with Crippen LogP contribution >= 0.6 is 0 Å². The van der Waals surface area contributed by atoms with Gasteiger partial charge < -0.3 is 19.7 Å². The van der Waals surface area contributed by atoms with Gasteiger partial charge in [0.1, 0.15) is 23.0 Å².